The van der Waals surface area contributed by atoms with Gasteiger partial charge in [0.05, 0.1) is 0 Å². The molecule has 2 rings (SSSR count). The lowest BCUT2D eigenvalue weighted by Gasteiger charge is -2.30. The van der Waals surface area contributed by atoms with Crippen molar-refractivity contribution in [3.8, 4) is 5.75 Å². The average Bonchev–Trinajstić information content (AvgIpc) is 2.55. The third kappa shape index (κ3) is 4.96. The first kappa shape index (κ1) is 17.3. The maximum atomic E-state index is 11.2. The summed E-state index contributed by atoms with van der Waals surface area (Å²) in [6.45, 7) is 10.7. The van der Waals surface area contributed by atoms with Crippen LogP contribution in [0.1, 0.15) is 24.0 Å². The first-order valence-electron chi connectivity index (χ1n) is 8.12. The van der Waals surface area contributed by atoms with E-state index < -0.39 is 0 Å². The van der Waals surface area contributed by atoms with Crippen molar-refractivity contribution in [3.63, 3.8) is 0 Å². The molecule has 1 saturated heterocycles. The predicted molar refractivity (Wildman–Crippen MR) is 93.2 cm³/mol. The maximum absolute atomic E-state index is 11.2. The van der Waals surface area contributed by atoms with E-state index in [1.807, 2.05) is 12.1 Å². The van der Waals surface area contributed by atoms with Crippen LogP contribution in [0.25, 0.3) is 0 Å². The van der Waals surface area contributed by atoms with Gasteiger partial charge in [0, 0.05) is 12.5 Å². The molecule has 0 aromatic heterocycles. The highest BCUT2D eigenvalue weighted by Crippen LogP contribution is 2.24. The lowest BCUT2D eigenvalue weighted by atomic mass is 9.96. The summed E-state index contributed by atoms with van der Waals surface area (Å²) in [6, 6.07) is 6.30. The molecule has 1 aliphatic rings. The Morgan fingerprint density at radius 2 is 2.04 bits per heavy atom. The molecule has 0 atom stereocenters. The maximum Gasteiger partial charge on any atom is 0.220 e. The summed E-state index contributed by atoms with van der Waals surface area (Å²) in [4.78, 5) is 13.6. The van der Waals surface area contributed by atoms with Crippen molar-refractivity contribution in [2.45, 2.75) is 25.8 Å². The van der Waals surface area contributed by atoms with Gasteiger partial charge in [-0.1, -0.05) is 30.9 Å². The number of carbonyl (C=O) groups is 1. The summed E-state index contributed by atoms with van der Waals surface area (Å²) in [6.07, 6.45) is 6.13. The summed E-state index contributed by atoms with van der Waals surface area (Å²) in [5.74, 6) is 0.764. The molecule has 0 unspecified atom stereocenters. The molecule has 1 fully saturated rings. The number of rotatable bonds is 8. The second-order valence-corrected chi connectivity index (χ2v) is 5.99. The molecule has 0 spiro atoms. The molecule has 23 heavy (non-hydrogen) atoms. The Morgan fingerprint density at radius 1 is 1.30 bits per heavy atom. The normalized spacial score (nSPS) is 16.0. The van der Waals surface area contributed by atoms with Gasteiger partial charge in [-0.15, -0.1) is 6.58 Å². The van der Waals surface area contributed by atoms with Gasteiger partial charge in [0.1, 0.15) is 12.4 Å². The van der Waals surface area contributed by atoms with E-state index in [-0.39, 0.29) is 11.8 Å². The van der Waals surface area contributed by atoms with Gasteiger partial charge in [-0.25, -0.2) is 0 Å². The highest BCUT2D eigenvalue weighted by atomic mass is 16.5. The number of nitrogens with zero attached hydrogens (tertiary/aromatic N) is 1. The van der Waals surface area contributed by atoms with Crippen LogP contribution >= 0.6 is 0 Å². The van der Waals surface area contributed by atoms with E-state index in [1.54, 1.807) is 6.08 Å². The number of hydrogen-bond donors (Lipinski definition) is 1. The number of ether oxygens (including phenoxy) is 1. The molecule has 4 heteroatoms. The number of carbonyl (C=O) groups excluding carboxylic acids is 1. The van der Waals surface area contributed by atoms with Crippen LogP contribution in [-0.2, 0) is 17.8 Å². The number of benzene rings is 1. The quantitative estimate of drug-likeness (QED) is 0.751. The van der Waals surface area contributed by atoms with Crippen LogP contribution in [0.4, 0.5) is 0 Å². The molecule has 4 nitrogen and oxygen atoms in total. The Kier molecular flexibility index (Phi) is 6.41. The number of amides is 1. The second-order valence-electron chi connectivity index (χ2n) is 5.99. The topological polar surface area (TPSA) is 55.6 Å². The molecular weight excluding hydrogens is 288 g/mol. The Balaban J connectivity index is 2.00. The van der Waals surface area contributed by atoms with E-state index in [0.717, 1.165) is 50.2 Å². The van der Waals surface area contributed by atoms with Gasteiger partial charge in [-0.2, -0.15) is 0 Å². The number of likely N-dealkylation sites (tertiary alicyclic amines) is 1. The molecule has 1 heterocycles. The van der Waals surface area contributed by atoms with Crippen LogP contribution in [-0.4, -0.2) is 30.5 Å². The Morgan fingerprint density at radius 3 is 2.65 bits per heavy atom. The van der Waals surface area contributed by atoms with Crippen LogP contribution in [0.5, 0.6) is 5.75 Å². The molecule has 1 aromatic carbocycles. The Labute approximate surface area is 138 Å². The van der Waals surface area contributed by atoms with E-state index in [0.29, 0.717) is 6.61 Å². The van der Waals surface area contributed by atoms with E-state index >= 15 is 0 Å². The SMILES string of the molecule is C=CCOc1ccc(CN2CCC(C(N)=O)CC2)cc1CC=C. The van der Waals surface area contributed by atoms with Gasteiger partial charge < -0.3 is 10.5 Å². The first-order chi connectivity index (χ1) is 11.1. The van der Waals surface area contributed by atoms with Crippen molar-refractivity contribution in [3.05, 3.63) is 54.6 Å². The number of piperidine rings is 1. The number of allylic oxidation sites excluding steroid dienone is 1. The molecule has 0 saturated carbocycles. The molecular formula is C19H26N2O2. The van der Waals surface area contributed by atoms with Gasteiger partial charge in [-0.3, -0.25) is 9.69 Å². The van der Waals surface area contributed by atoms with Crippen molar-refractivity contribution in [2.24, 2.45) is 11.7 Å². The smallest absolute Gasteiger partial charge is 0.220 e. The van der Waals surface area contributed by atoms with E-state index in [1.165, 1.54) is 5.56 Å². The zero-order chi connectivity index (χ0) is 16.7. The fourth-order valence-corrected chi connectivity index (χ4v) is 2.97. The lowest BCUT2D eigenvalue weighted by molar-refractivity contribution is -0.123. The summed E-state index contributed by atoms with van der Waals surface area (Å²) in [7, 11) is 0. The molecule has 1 aliphatic heterocycles. The first-order valence-corrected chi connectivity index (χ1v) is 8.12. The van der Waals surface area contributed by atoms with Gasteiger partial charge in [0.2, 0.25) is 5.91 Å². The monoisotopic (exact) mass is 314 g/mol. The number of hydrogen-bond acceptors (Lipinski definition) is 3. The standard InChI is InChI=1S/C19H26N2O2/c1-3-5-17-13-15(6-7-18(17)23-12-4-2)14-21-10-8-16(9-11-21)19(20)22/h3-4,6-7,13,16H,1-2,5,8-12,14H2,(H2,20,22). The van der Waals surface area contributed by atoms with Crippen LogP contribution in [0.2, 0.25) is 0 Å². The van der Waals surface area contributed by atoms with Crippen LogP contribution in [0, 0.1) is 5.92 Å². The summed E-state index contributed by atoms with van der Waals surface area (Å²) in [5, 5.41) is 0. The third-order valence-corrected chi connectivity index (χ3v) is 4.24. The lowest BCUT2D eigenvalue weighted by Crippen LogP contribution is -2.38. The van der Waals surface area contributed by atoms with Gasteiger partial charge in [0.15, 0.2) is 0 Å². The summed E-state index contributed by atoms with van der Waals surface area (Å²) in [5.41, 5.74) is 7.79. The largest absolute Gasteiger partial charge is 0.489 e. The minimum Gasteiger partial charge on any atom is -0.489 e. The zero-order valence-electron chi connectivity index (χ0n) is 13.7. The fourth-order valence-electron chi connectivity index (χ4n) is 2.97. The van der Waals surface area contributed by atoms with E-state index in [4.69, 9.17) is 10.5 Å². The number of nitrogens with two attached hydrogens (primary N) is 1. The summed E-state index contributed by atoms with van der Waals surface area (Å²) < 4.78 is 5.69. The highest BCUT2D eigenvalue weighted by Gasteiger charge is 2.23. The predicted octanol–water partition coefficient (Wildman–Crippen LogP) is 2.68. The van der Waals surface area contributed by atoms with E-state index in [9.17, 15) is 4.79 Å². The fraction of sp³-hybridized carbons (Fsp3) is 0.421. The van der Waals surface area contributed by atoms with Crippen molar-refractivity contribution < 1.29 is 9.53 Å². The van der Waals surface area contributed by atoms with Gasteiger partial charge >= 0.3 is 0 Å². The van der Waals surface area contributed by atoms with Crippen molar-refractivity contribution in [1.29, 1.82) is 0 Å². The van der Waals surface area contributed by atoms with Crippen molar-refractivity contribution in [2.75, 3.05) is 19.7 Å². The third-order valence-electron chi connectivity index (χ3n) is 4.24. The molecule has 124 valence electrons. The van der Waals surface area contributed by atoms with Gasteiger partial charge in [0.25, 0.3) is 0 Å². The van der Waals surface area contributed by atoms with Crippen LogP contribution < -0.4 is 10.5 Å². The van der Waals surface area contributed by atoms with Crippen molar-refractivity contribution >= 4 is 5.91 Å². The highest BCUT2D eigenvalue weighted by molar-refractivity contribution is 5.76. The Bertz CT molecular complexity index is 560. The molecule has 1 aromatic rings. The van der Waals surface area contributed by atoms with Crippen LogP contribution in [0.3, 0.4) is 0 Å². The molecule has 0 bridgehead atoms. The molecule has 2 N–H and O–H groups in total. The average molecular weight is 314 g/mol. The zero-order valence-corrected chi connectivity index (χ0v) is 13.7. The van der Waals surface area contributed by atoms with Crippen molar-refractivity contribution in [1.82, 2.24) is 4.90 Å². The number of primary amides is 1. The molecule has 0 radical (unpaired) electrons. The summed E-state index contributed by atoms with van der Waals surface area (Å²) >= 11 is 0. The minimum absolute atomic E-state index is 0.0391. The Hall–Kier alpha value is -2.07. The van der Waals surface area contributed by atoms with Gasteiger partial charge in [-0.05, 0) is 49.5 Å². The van der Waals surface area contributed by atoms with Crippen LogP contribution in [0.15, 0.2) is 43.5 Å². The molecule has 1 amide bonds. The molecule has 0 aliphatic carbocycles. The van der Waals surface area contributed by atoms with E-state index in [2.05, 4.69) is 30.2 Å². The second kappa shape index (κ2) is 8.53. The minimum atomic E-state index is -0.165.